The first-order valence-corrected chi connectivity index (χ1v) is 4.01. The molecule has 1 aromatic rings. The number of ether oxygens (including phenoxy) is 1. The molecule has 0 fully saturated rings. The van der Waals surface area contributed by atoms with E-state index in [2.05, 4.69) is 4.98 Å². The van der Waals surface area contributed by atoms with Gasteiger partial charge in [0.25, 0.3) is 0 Å². The van der Waals surface area contributed by atoms with Crippen LogP contribution < -0.4 is 5.73 Å². The second-order valence-corrected chi connectivity index (χ2v) is 2.49. The van der Waals surface area contributed by atoms with E-state index >= 15 is 0 Å². The number of rotatable bonds is 2. The molecule has 0 aliphatic carbocycles. The smallest absolute Gasteiger partial charge is 0.341 e. The second-order valence-electron chi connectivity index (χ2n) is 2.49. The second kappa shape index (κ2) is 4.23. The highest BCUT2D eigenvalue weighted by Crippen LogP contribution is 2.10. The molecular formula is C9H9N3O2. The van der Waals surface area contributed by atoms with Crippen LogP contribution in [-0.2, 0) is 4.74 Å². The number of nitrogen functional groups attached to an aromatic ring is 1. The number of aromatic nitrogens is 1. The first kappa shape index (κ1) is 9.99. The highest BCUT2D eigenvalue weighted by molar-refractivity contribution is 5.92. The first-order valence-electron chi connectivity index (χ1n) is 4.01. The Morgan fingerprint density at radius 1 is 1.79 bits per heavy atom. The van der Waals surface area contributed by atoms with Gasteiger partial charge in [-0.05, 0) is 13.0 Å². The van der Waals surface area contributed by atoms with Gasteiger partial charge >= 0.3 is 5.97 Å². The Bertz CT molecular complexity index is 396. The molecular weight excluding hydrogens is 182 g/mol. The summed E-state index contributed by atoms with van der Waals surface area (Å²) in [5.74, 6) is -0.355. The molecule has 5 heteroatoms. The van der Waals surface area contributed by atoms with Gasteiger partial charge in [0.2, 0.25) is 0 Å². The van der Waals surface area contributed by atoms with Crippen molar-refractivity contribution in [3.8, 4) is 6.07 Å². The van der Waals surface area contributed by atoms with E-state index < -0.39 is 5.97 Å². The Morgan fingerprint density at radius 3 is 3.07 bits per heavy atom. The number of esters is 1. The van der Waals surface area contributed by atoms with E-state index in [4.69, 9.17) is 15.7 Å². The summed E-state index contributed by atoms with van der Waals surface area (Å²) in [5.41, 5.74) is 5.68. The lowest BCUT2D eigenvalue weighted by molar-refractivity contribution is 0.0525. The molecule has 0 unspecified atom stereocenters. The van der Waals surface area contributed by atoms with E-state index in [9.17, 15) is 4.79 Å². The minimum absolute atomic E-state index is 0.142. The molecule has 2 N–H and O–H groups in total. The number of anilines is 1. The van der Waals surface area contributed by atoms with Crippen molar-refractivity contribution < 1.29 is 9.53 Å². The predicted octanol–water partition coefficient (Wildman–Crippen LogP) is 0.712. The van der Waals surface area contributed by atoms with Crippen LogP contribution in [0.3, 0.4) is 0 Å². The molecule has 0 saturated carbocycles. The molecule has 72 valence electrons. The monoisotopic (exact) mass is 191 g/mol. The van der Waals surface area contributed by atoms with E-state index in [0.29, 0.717) is 0 Å². The normalized spacial score (nSPS) is 9.14. The molecule has 0 aliphatic rings. The van der Waals surface area contributed by atoms with Crippen LogP contribution in [0.5, 0.6) is 0 Å². The van der Waals surface area contributed by atoms with Crippen LogP contribution in [0.15, 0.2) is 12.3 Å². The van der Waals surface area contributed by atoms with Crippen LogP contribution in [0.4, 0.5) is 5.82 Å². The van der Waals surface area contributed by atoms with Gasteiger partial charge in [-0.1, -0.05) is 0 Å². The van der Waals surface area contributed by atoms with E-state index in [0.717, 1.165) is 0 Å². The van der Waals surface area contributed by atoms with Gasteiger partial charge in [-0.2, -0.15) is 5.26 Å². The molecule has 0 bridgehead atoms. The van der Waals surface area contributed by atoms with Gasteiger partial charge in [0.15, 0.2) is 0 Å². The predicted molar refractivity (Wildman–Crippen MR) is 49.3 cm³/mol. The quantitative estimate of drug-likeness (QED) is 0.695. The van der Waals surface area contributed by atoms with Crippen LogP contribution in [-0.4, -0.2) is 17.6 Å². The number of hydrogen-bond donors (Lipinski definition) is 1. The molecule has 0 saturated heterocycles. The molecule has 0 aromatic carbocycles. The Labute approximate surface area is 81.1 Å². The maximum Gasteiger partial charge on any atom is 0.341 e. The van der Waals surface area contributed by atoms with Crippen LogP contribution in [0.25, 0.3) is 0 Å². The number of nitrogens with zero attached hydrogens (tertiary/aromatic N) is 2. The first-order chi connectivity index (χ1) is 6.69. The lowest BCUT2D eigenvalue weighted by Crippen LogP contribution is -2.08. The van der Waals surface area contributed by atoms with Crippen molar-refractivity contribution in [1.82, 2.24) is 4.98 Å². The maximum atomic E-state index is 11.3. The summed E-state index contributed by atoms with van der Waals surface area (Å²) in [5, 5.41) is 8.72. The third-order valence-corrected chi connectivity index (χ3v) is 1.54. The molecule has 0 amide bonds. The molecule has 1 rings (SSSR count). The summed E-state index contributed by atoms with van der Waals surface area (Å²) in [6, 6.07) is 3.19. The Kier molecular flexibility index (Phi) is 3.02. The number of pyridine rings is 1. The topological polar surface area (TPSA) is 89.0 Å². The van der Waals surface area contributed by atoms with E-state index in [1.807, 2.05) is 6.07 Å². The zero-order valence-electron chi connectivity index (χ0n) is 7.65. The van der Waals surface area contributed by atoms with Gasteiger partial charge in [0, 0.05) is 6.20 Å². The number of hydrogen-bond acceptors (Lipinski definition) is 5. The minimum Gasteiger partial charge on any atom is -0.462 e. The molecule has 5 nitrogen and oxygen atoms in total. The summed E-state index contributed by atoms with van der Waals surface area (Å²) < 4.78 is 4.74. The number of nitrogens with two attached hydrogens (primary N) is 1. The Hall–Kier alpha value is -2.09. The standard InChI is InChI=1S/C9H9N3O2/c1-2-14-9(13)7-5-12-8(11)3-6(7)4-10/h3,5H,2H2,1H3,(H2,11,12). The van der Waals surface area contributed by atoms with Crippen molar-refractivity contribution in [2.24, 2.45) is 0 Å². The zero-order valence-corrected chi connectivity index (χ0v) is 7.65. The van der Waals surface area contributed by atoms with Crippen LogP contribution >= 0.6 is 0 Å². The van der Waals surface area contributed by atoms with E-state index in [-0.39, 0.29) is 23.6 Å². The Balaban J connectivity index is 3.09. The molecule has 0 radical (unpaired) electrons. The summed E-state index contributed by atoms with van der Waals surface area (Å²) in [6.45, 7) is 1.95. The number of carbonyl (C=O) groups excluding carboxylic acids is 1. The molecule has 0 atom stereocenters. The molecule has 1 heterocycles. The van der Waals surface area contributed by atoms with Crippen molar-refractivity contribution in [1.29, 1.82) is 5.26 Å². The average molecular weight is 191 g/mol. The molecule has 14 heavy (non-hydrogen) atoms. The summed E-state index contributed by atoms with van der Waals surface area (Å²) in [6.07, 6.45) is 1.24. The van der Waals surface area contributed by atoms with E-state index in [1.165, 1.54) is 12.3 Å². The fourth-order valence-electron chi connectivity index (χ4n) is 0.936. The van der Waals surface area contributed by atoms with Gasteiger partial charge in [-0.3, -0.25) is 0 Å². The van der Waals surface area contributed by atoms with Crippen molar-refractivity contribution in [3.05, 3.63) is 23.4 Å². The van der Waals surface area contributed by atoms with E-state index in [1.54, 1.807) is 6.92 Å². The van der Waals surface area contributed by atoms with Crippen LogP contribution in [0.1, 0.15) is 22.8 Å². The lowest BCUT2D eigenvalue weighted by Gasteiger charge is -2.03. The fourth-order valence-corrected chi connectivity index (χ4v) is 0.936. The fraction of sp³-hybridized carbons (Fsp3) is 0.222. The van der Waals surface area contributed by atoms with Crippen LogP contribution in [0, 0.1) is 11.3 Å². The number of carbonyl (C=O) groups is 1. The van der Waals surface area contributed by atoms with Gasteiger partial charge in [0.05, 0.1) is 17.7 Å². The summed E-state index contributed by atoms with van der Waals surface area (Å²) >= 11 is 0. The lowest BCUT2D eigenvalue weighted by atomic mass is 10.1. The third-order valence-electron chi connectivity index (χ3n) is 1.54. The largest absolute Gasteiger partial charge is 0.462 e. The molecule has 1 aromatic heterocycles. The van der Waals surface area contributed by atoms with Gasteiger partial charge < -0.3 is 10.5 Å². The van der Waals surface area contributed by atoms with Gasteiger partial charge in [-0.15, -0.1) is 0 Å². The molecule has 0 spiro atoms. The highest BCUT2D eigenvalue weighted by Gasteiger charge is 2.12. The van der Waals surface area contributed by atoms with Crippen molar-refractivity contribution in [2.45, 2.75) is 6.92 Å². The maximum absolute atomic E-state index is 11.3. The highest BCUT2D eigenvalue weighted by atomic mass is 16.5. The van der Waals surface area contributed by atoms with Gasteiger partial charge in [0.1, 0.15) is 11.9 Å². The van der Waals surface area contributed by atoms with Gasteiger partial charge in [-0.25, -0.2) is 9.78 Å². The van der Waals surface area contributed by atoms with Crippen LogP contribution in [0.2, 0.25) is 0 Å². The summed E-state index contributed by atoms with van der Waals surface area (Å²) in [7, 11) is 0. The minimum atomic E-state index is -0.559. The average Bonchev–Trinajstić information content (AvgIpc) is 2.17. The van der Waals surface area contributed by atoms with Crippen molar-refractivity contribution in [3.63, 3.8) is 0 Å². The number of nitriles is 1. The third kappa shape index (κ3) is 1.98. The Morgan fingerprint density at radius 2 is 2.50 bits per heavy atom. The molecule has 0 aliphatic heterocycles. The summed E-state index contributed by atoms with van der Waals surface area (Å²) in [4.78, 5) is 15.0. The van der Waals surface area contributed by atoms with Crippen molar-refractivity contribution in [2.75, 3.05) is 12.3 Å². The SMILES string of the molecule is CCOC(=O)c1cnc(N)cc1C#N. The van der Waals surface area contributed by atoms with Crippen molar-refractivity contribution >= 4 is 11.8 Å². The zero-order chi connectivity index (χ0) is 10.6.